The summed E-state index contributed by atoms with van der Waals surface area (Å²) in [5.74, 6) is 3.06. The summed E-state index contributed by atoms with van der Waals surface area (Å²) in [6, 6.07) is 12.3. The van der Waals surface area contributed by atoms with Gasteiger partial charge in [-0.15, -0.1) is 0 Å². The van der Waals surface area contributed by atoms with Crippen molar-refractivity contribution in [3.8, 4) is 34.4 Å². The zero-order chi connectivity index (χ0) is 30.3. The highest BCUT2D eigenvalue weighted by molar-refractivity contribution is 6.00. The lowest BCUT2D eigenvalue weighted by Crippen LogP contribution is -2.41. The molecule has 5 aromatic rings. The number of carbonyl (C=O) groups excluding carboxylic acids is 1. The van der Waals surface area contributed by atoms with Gasteiger partial charge in [0.2, 0.25) is 5.88 Å². The number of hydrogen-bond donors (Lipinski definition) is 1. The first-order chi connectivity index (χ1) is 21.4. The molecule has 8 rings (SSSR count). The molecule has 1 aromatic carbocycles. The summed E-state index contributed by atoms with van der Waals surface area (Å²) in [5.41, 5.74) is 13.4. The molecular formula is C34H37N7O3. The van der Waals surface area contributed by atoms with Crippen LogP contribution in [0.25, 0.3) is 44.8 Å². The van der Waals surface area contributed by atoms with Crippen LogP contribution in [0, 0.1) is 18.8 Å². The molecule has 0 spiro atoms. The second-order valence-corrected chi connectivity index (χ2v) is 12.7. The van der Waals surface area contributed by atoms with E-state index in [9.17, 15) is 4.79 Å². The third kappa shape index (κ3) is 4.11. The molecule has 5 heterocycles. The molecule has 3 aliphatic rings. The second-order valence-electron chi connectivity index (χ2n) is 12.7. The number of likely N-dealkylation sites (tertiary alicyclic amines) is 1. The van der Waals surface area contributed by atoms with Crippen LogP contribution in [0.2, 0.25) is 0 Å². The first-order valence-electron chi connectivity index (χ1n) is 15.5. The third-order valence-electron chi connectivity index (χ3n) is 10.1. The number of amides is 1. The number of ether oxygens (including phenoxy) is 2. The van der Waals surface area contributed by atoms with E-state index in [1.54, 1.807) is 20.4 Å². The highest BCUT2D eigenvalue weighted by Gasteiger charge is 2.47. The molecule has 4 aromatic heterocycles. The number of benzene rings is 1. The van der Waals surface area contributed by atoms with Crippen LogP contribution in [0.4, 0.5) is 0 Å². The third-order valence-corrected chi connectivity index (χ3v) is 10.1. The topological polar surface area (TPSA) is 113 Å². The van der Waals surface area contributed by atoms with Gasteiger partial charge in [-0.3, -0.25) is 4.79 Å². The fraction of sp³-hybridized carbons (Fsp3) is 0.412. The maximum atomic E-state index is 13.7. The largest absolute Gasteiger partial charge is 0.494 e. The van der Waals surface area contributed by atoms with Crippen LogP contribution in [0.15, 0.2) is 42.6 Å². The van der Waals surface area contributed by atoms with Crippen molar-refractivity contribution in [2.24, 2.45) is 24.6 Å². The summed E-state index contributed by atoms with van der Waals surface area (Å²) >= 11 is 0. The molecule has 1 saturated heterocycles. The van der Waals surface area contributed by atoms with E-state index < -0.39 is 0 Å². The fourth-order valence-corrected chi connectivity index (χ4v) is 7.47. The fourth-order valence-electron chi connectivity index (χ4n) is 7.47. The minimum Gasteiger partial charge on any atom is -0.494 e. The molecule has 226 valence electrons. The number of carbonyl (C=O) groups is 1. The molecule has 2 saturated carbocycles. The summed E-state index contributed by atoms with van der Waals surface area (Å²) < 4.78 is 15.7. The molecule has 10 heteroatoms. The number of pyridine rings is 2. The highest BCUT2D eigenvalue weighted by Crippen LogP contribution is 2.40. The highest BCUT2D eigenvalue weighted by atomic mass is 16.5. The Morgan fingerprint density at radius 3 is 2.59 bits per heavy atom. The molecule has 2 aliphatic carbocycles. The minimum absolute atomic E-state index is 0.00247. The van der Waals surface area contributed by atoms with Gasteiger partial charge in [0.1, 0.15) is 16.9 Å². The van der Waals surface area contributed by atoms with Crippen molar-refractivity contribution in [2.75, 3.05) is 20.8 Å². The normalized spacial score (nSPS) is 21.1. The summed E-state index contributed by atoms with van der Waals surface area (Å²) in [4.78, 5) is 30.4. The Bertz CT molecular complexity index is 1960. The number of aromatic nitrogens is 5. The van der Waals surface area contributed by atoms with Crippen LogP contribution in [0.3, 0.4) is 0 Å². The summed E-state index contributed by atoms with van der Waals surface area (Å²) in [5, 5.41) is 1.05. The van der Waals surface area contributed by atoms with Gasteiger partial charge >= 0.3 is 0 Å². The Morgan fingerprint density at radius 1 is 1.05 bits per heavy atom. The zero-order valence-electron chi connectivity index (χ0n) is 25.6. The Balaban J connectivity index is 1.25. The van der Waals surface area contributed by atoms with E-state index in [0.717, 1.165) is 76.3 Å². The lowest BCUT2D eigenvalue weighted by atomic mass is 10.1. The minimum atomic E-state index is 0.00247. The van der Waals surface area contributed by atoms with E-state index in [1.807, 2.05) is 37.1 Å². The van der Waals surface area contributed by atoms with E-state index in [1.165, 1.54) is 12.8 Å². The van der Waals surface area contributed by atoms with Gasteiger partial charge in [-0.1, -0.05) is 0 Å². The number of nitrogens with zero attached hydrogens (tertiary/aromatic N) is 6. The molecule has 2 bridgehead atoms. The van der Waals surface area contributed by atoms with E-state index in [4.69, 9.17) is 25.2 Å². The second kappa shape index (κ2) is 10.1. The maximum Gasteiger partial charge on any atom is 0.254 e. The van der Waals surface area contributed by atoms with Crippen LogP contribution < -0.4 is 15.2 Å². The predicted octanol–water partition coefficient (Wildman–Crippen LogP) is 4.95. The van der Waals surface area contributed by atoms with Crippen molar-refractivity contribution >= 4 is 28.0 Å². The standard InChI is InChI=1S/C34H37N7O3/c1-18-23(11-12-36-33(18)44-4)24-9-7-20-14-27(40(31(20)37-24)16-19-5-6-19)32-38-25-13-22(15-28(43-3)30(25)39(32)2)34(42)41-17-21-8-10-26(41)29(21)35/h7,9,11-15,19,21,26,29H,5-6,8,10,16-17,35H2,1-4H3. The van der Waals surface area contributed by atoms with Gasteiger partial charge in [0.15, 0.2) is 5.82 Å². The molecule has 3 fully saturated rings. The Morgan fingerprint density at radius 2 is 1.89 bits per heavy atom. The quantitative estimate of drug-likeness (QED) is 0.285. The van der Waals surface area contributed by atoms with E-state index >= 15 is 0 Å². The number of piperidine rings is 1. The predicted molar refractivity (Wildman–Crippen MR) is 169 cm³/mol. The number of fused-ring (bicyclic) bond motifs is 4. The molecule has 0 radical (unpaired) electrons. The molecule has 10 nitrogen and oxygen atoms in total. The van der Waals surface area contributed by atoms with Crippen molar-refractivity contribution in [1.82, 2.24) is 29.0 Å². The summed E-state index contributed by atoms with van der Waals surface area (Å²) in [6.07, 6.45) is 6.26. The van der Waals surface area contributed by atoms with Crippen molar-refractivity contribution in [2.45, 2.75) is 51.2 Å². The molecule has 1 amide bonds. The number of hydrogen-bond acceptors (Lipinski definition) is 7. The summed E-state index contributed by atoms with van der Waals surface area (Å²) in [7, 11) is 5.30. The summed E-state index contributed by atoms with van der Waals surface area (Å²) in [6.45, 7) is 3.60. The van der Waals surface area contributed by atoms with Crippen LogP contribution in [-0.4, -0.2) is 67.7 Å². The molecule has 2 N–H and O–H groups in total. The van der Waals surface area contributed by atoms with Gasteiger partial charge < -0.3 is 29.2 Å². The lowest BCUT2D eigenvalue weighted by molar-refractivity contribution is 0.0700. The number of rotatable bonds is 7. The average molecular weight is 592 g/mol. The Labute approximate surface area is 255 Å². The maximum absolute atomic E-state index is 13.7. The van der Waals surface area contributed by atoms with Crippen molar-refractivity contribution in [1.29, 1.82) is 0 Å². The van der Waals surface area contributed by atoms with Gasteiger partial charge in [-0.05, 0) is 80.8 Å². The van der Waals surface area contributed by atoms with Crippen LogP contribution in [-0.2, 0) is 13.6 Å². The van der Waals surface area contributed by atoms with Crippen molar-refractivity contribution in [3.05, 3.63) is 53.7 Å². The van der Waals surface area contributed by atoms with Gasteiger partial charge in [0.05, 0.1) is 31.1 Å². The van der Waals surface area contributed by atoms with Gasteiger partial charge in [-0.2, -0.15) is 0 Å². The first-order valence-corrected chi connectivity index (χ1v) is 15.5. The average Bonchev–Trinajstić information content (AvgIpc) is 3.44. The van der Waals surface area contributed by atoms with Crippen molar-refractivity contribution in [3.63, 3.8) is 0 Å². The van der Waals surface area contributed by atoms with Crippen molar-refractivity contribution < 1.29 is 14.3 Å². The van der Waals surface area contributed by atoms with Gasteiger partial charge in [-0.25, -0.2) is 15.0 Å². The number of nitrogens with two attached hydrogens (primary N) is 1. The van der Waals surface area contributed by atoms with E-state index in [0.29, 0.717) is 29.0 Å². The lowest BCUT2D eigenvalue weighted by Gasteiger charge is -2.27. The smallest absolute Gasteiger partial charge is 0.254 e. The van der Waals surface area contributed by atoms with Crippen LogP contribution in [0.5, 0.6) is 11.6 Å². The van der Waals surface area contributed by atoms with Gasteiger partial charge in [0, 0.05) is 60.5 Å². The first kappa shape index (κ1) is 27.1. The molecular weight excluding hydrogens is 554 g/mol. The van der Waals surface area contributed by atoms with E-state index in [2.05, 4.69) is 32.3 Å². The SMILES string of the molecule is COc1nccc(-c2ccc3cc(-c4nc5cc(C(=O)N6CC7CCC6C7N)cc(OC)c5n4C)n(CC4CC4)c3n2)c1C. The molecule has 3 unspecified atom stereocenters. The zero-order valence-corrected chi connectivity index (χ0v) is 25.6. The Hall–Kier alpha value is -4.44. The van der Waals surface area contributed by atoms with E-state index in [-0.39, 0.29) is 18.0 Å². The number of aryl methyl sites for hydroxylation is 1. The molecule has 1 aliphatic heterocycles. The monoisotopic (exact) mass is 591 g/mol. The molecule has 44 heavy (non-hydrogen) atoms. The number of imidazole rings is 1. The van der Waals surface area contributed by atoms with Crippen LogP contribution >= 0.6 is 0 Å². The number of methoxy groups -OCH3 is 2. The van der Waals surface area contributed by atoms with Crippen LogP contribution in [0.1, 0.15) is 41.6 Å². The van der Waals surface area contributed by atoms with Gasteiger partial charge in [0.25, 0.3) is 5.91 Å². The Kier molecular flexibility index (Phi) is 6.20. The molecule has 3 atom stereocenters.